The van der Waals surface area contributed by atoms with Crippen molar-refractivity contribution in [2.45, 2.75) is 13.0 Å². The van der Waals surface area contributed by atoms with E-state index in [1.807, 2.05) is 24.3 Å². The third kappa shape index (κ3) is 2.81. The lowest BCUT2D eigenvalue weighted by molar-refractivity contribution is -0.116. The summed E-state index contributed by atoms with van der Waals surface area (Å²) in [7, 11) is 0. The van der Waals surface area contributed by atoms with Crippen LogP contribution in [0.3, 0.4) is 0 Å². The Hall–Kier alpha value is -2.56. The molecular formula is C16H16FN3O. The topological polar surface area (TPSA) is 53.2 Å². The molecule has 0 spiro atoms. The van der Waals surface area contributed by atoms with Gasteiger partial charge in [0.25, 0.3) is 0 Å². The SMILES string of the molecule is Cc1cc(NC(=O)C2CNc3ccccc3N2)ccc1F. The molecule has 108 valence electrons. The van der Waals surface area contributed by atoms with E-state index >= 15 is 0 Å². The van der Waals surface area contributed by atoms with Crippen LogP contribution in [0.25, 0.3) is 0 Å². The first kappa shape index (κ1) is 13.4. The molecule has 0 saturated heterocycles. The van der Waals surface area contributed by atoms with E-state index in [-0.39, 0.29) is 17.8 Å². The van der Waals surface area contributed by atoms with Crippen molar-refractivity contribution in [1.29, 1.82) is 0 Å². The summed E-state index contributed by atoms with van der Waals surface area (Å²) in [6, 6.07) is 11.9. The van der Waals surface area contributed by atoms with E-state index in [1.165, 1.54) is 6.07 Å². The van der Waals surface area contributed by atoms with E-state index in [2.05, 4.69) is 16.0 Å². The highest BCUT2D eigenvalue weighted by molar-refractivity contribution is 5.98. The largest absolute Gasteiger partial charge is 0.381 e. The number of carbonyl (C=O) groups is 1. The number of hydrogen-bond acceptors (Lipinski definition) is 3. The van der Waals surface area contributed by atoms with Crippen molar-refractivity contribution in [2.75, 3.05) is 22.5 Å². The number of anilines is 3. The maximum atomic E-state index is 13.2. The number of carbonyl (C=O) groups excluding carboxylic acids is 1. The minimum atomic E-state index is -0.370. The van der Waals surface area contributed by atoms with Gasteiger partial charge in [-0.15, -0.1) is 0 Å². The van der Waals surface area contributed by atoms with Gasteiger partial charge in [-0.3, -0.25) is 4.79 Å². The van der Waals surface area contributed by atoms with Crippen molar-refractivity contribution in [3.05, 3.63) is 53.8 Å². The van der Waals surface area contributed by atoms with Crippen molar-refractivity contribution in [3.63, 3.8) is 0 Å². The molecule has 2 aromatic carbocycles. The molecule has 0 fully saturated rings. The van der Waals surface area contributed by atoms with E-state index in [1.54, 1.807) is 19.1 Å². The fourth-order valence-electron chi connectivity index (χ4n) is 2.32. The van der Waals surface area contributed by atoms with Crippen LogP contribution in [-0.4, -0.2) is 18.5 Å². The zero-order valence-corrected chi connectivity index (χ0v) is 11.6. The Morgan fingerprint density at radius 2 is 2.00 bits per heavy atom. The number of benzene rings is 2. The third-order valence-corrected chi connectivity index (χ3v) is 3.50. The summed E-state index contributed by atoms with van der Waals surface area (Å²) in [5, 5.41) is 9.21. The van der Waals surface area contributed by atoms with Crippen LogP contribution < -0.4 is 16.0 Å². The first-order chi connectivity index (χ1) is 10.1. The Bertz CT molecular complexity index is 687. The van der Waals surface area contributed by atoms with Crippen LogP contribution in [0, 0.1) is 12.7 Å². The monoisotopic (exact) mass is 285 g/mol. The number of para-hydroxylation sites is 2. The van der Waals surface area contributed by atoms with Crippen molar-refractivity contribution < 1.29 is 9.18 Å². The Kier molecular flexibility index (Phi) is 3.48. The highest BCUT2D eigenvalue weighted by Gasteiger charge is 2.23. The number of nitrogens with one attached hydrogen (secondary N) is 3. The summed E-state index contributed by atoms with van der Waals surface area (Å²) < 4.78 is 13.2. The van der Waals surface area contributed by atoms with Gasteiger partial charge in [-0.25, -0.2) is 4.39 Å². The minimum absolute atomic E-state index is 0.150. The van der Waals surface area contributed by atoms with Gasteiger partial charge in [-0.1, -0.05) is 12.1 Å². The fraction of sp³-hybridized carbons (Fsp3) is 0.188. The normalized spacial score (nSPS) is 16.4. The Balaban J connectivity index is 1.70. The molecule has 0 saturated carbocycles. The van der Waals surface area contributed by atoms with Crippen LogP contribution in [0.5, 0.6) is 0 Å². The predicted molar refractivity (Wildman–Crippen MR) is 82.1 cm³/mol. The lowest BCUT2D eigenvalue weighted by Crippen LogP contribution is -2.42. The highest BCUT2D eigenvalue weighted by Crippen LogP contribution is 2.25. The number of rotatable bonds is 2. The van der Waals surface area contributed by atoms with Gasteiger partial charge >= 0.3 is 0 Å². The molecule has 2 aromatic rings. The Labute approximate surface area is 122 Å². The van der Waals surface area contributed by atoms with E-state index in [4.69, 9.17) is 0 Å². The second-order valence-corrected chi connectivity index (χ2v) is 5.08. The number of amides is 1. The van der Waals surface area contributed by atoms with Gasteiger partial charge in [0.1, 0.15) is 11.9 Å². The molecule has 1 heterocycles. The molecule has 1 amide bonds. The standard InChI is InChI=1S/C16H16FN3O/c1-10-8-11(6-7-12(10)17)19-16(21)15-9-18-13-4-2-3-5-14(13)20-15/h2-8,15,18,20H,9H2,1H3,(H,19,21). The molecule has 3 N–H and O–H groups in total. The van der Waals surface area contributed by atoms with Crippen LogP contribution in [0.1, 0.15) is 5.56 Å². The molecule has 0 aromatic heterocycles. The molecule has 0 bridgehead atoms. The van der Waals surface area contributed by atoms with Gasteiger partial charge in [-0.05, 0) is 42.8 Å². The van der Waals surface area contributed by atoms with Crippen molar-refractivity contribution in [3.8, 4) is 0 Å². The second kappa shape index (κ2) is 5.44. The lowest BCUT2D eigenvalue weighted by atomic mass is 10.1. The molecule has 21 heavy (non-hydrogen) atoms. The predicted octanol–water partition coefficient (Wildman–Crippen LogP) is 2.98. The average molecular weight is 285 g/mol. The van der Waals surface area contributed by atoms with Gasteiger partial charge in [-0.2, -0.15) is 0 Å². The Morgan fingerprint density at radius 1 is 1.24 bits per heavy atom. The molecule has 3 rings (SSSR count). The lowest BCUT2D eigenvalue weighted by Gasteiger charge is -2.27. The zero-order valence-electron chi connectivity index (χ0n) is 11.6. The molecule has 0 aliphatic carbocycles. The fourth-order valence-corrected chi connectivity index (χ4v) is 2.32. The number of fused-ring (bicyclic) bond motifs is 1. The smallest absolute Gasteiger partial charge is 0.248 e. The molecular weight excluding hydrogens is 269 g/mol. The van der Waals surface area contributed by atoms with E-state index in [0.717, 1.165) is 11.4 Å². The van der Waals surface area contributed by atoms with Gasteiger partial charge in [0, 0.05) is 12.2 Å². The van der Waals surface area contributed by atoms with Gasteiger partial charge in [0.15, 0.2) is 0 Å². The van der Waals surface area contributed by atoms with E-state index in [9.17, 15) is 9.18 Å². The highest BCUT2D eigenvalue weighted by atomic mass is 19.1. The van der Waals surface area contributed by atoms with Crippen molar-refractivity contribution in [1.82, 2.24) is 0 Å². The van der Waals surface area contributed by atoms with Gasteiger partial charge < -0.3 is 16.0 Å². The van der Waals surface area contributed by atoms with E-state index < -0.39 is 0 Å². The molecule has 1 unspecified atom stereocenters. The average Bonchev–Trinajstić information content (AvgIpc) is 2.50. The van der Waals surface area contributed by atoms with Gasteiger partial charge in [0.2, 0.25) is 5.91 Å². The first-order valence-corrected chi connectivity index (χ1v) is 6.80. The molecule has 1 aliphatic rings. The zero-order chi connectivity index (χ0) is 14.8. The Morgan fingerprint density at radius 3 is 2.76 bits per heavy atom. The van der Waals surface area contributed by atoms with Crippen LogP contribution in [-0.2, 0) is 4.79 Å². The maximum Gasteiger partial charge on any atom is 0.248 e. The quantitative estimate of drug-likeness (QED) is 0.795. The third-order valence-electron chi connectivity index (χ3n) is 3.50. The minimum Gasteiger partial charge on any atom is -0.381 e. The number of hydrogen-bond donors (Lipinski definition) is 3. The van der Waals surface area contributed by atoms with Gasteiger partial charge in [0.05, 0.1) is 11.4 Å². The molecule has 4 nitrogen and oxygen atoms in total. The summed E-state index contributed by atoms with van der Waals surface area (Å²) in [5.41, 5.74) is 2.99. The first-order valence-electron chi connectivity index (χ1n) is 6.80. The summed E-state index contributed by atoms with van der Waals surface area (Å²) in [5.74, 6) is -0.428. The van der Waals surface area contributed by atoms with Crippen LogP contribution in [0.15, 0.2) is 42.5 Å². The van der Waals surface area contributed by atoms with Crippen LogP contribution >= 0.6 is 0 Å². The molecule has 5 heteroatoms. The number of halogens is 1. The maximum absolute atomic E-state index is 13.2. The van der Waals surface area contributed by atoms with Crippen LogP contribution in [0.2, 0.25) is 0 Å². The summed E-state index contributed by atoms with van der Waals surface area (Å²) in [6.07, 6.45) is 0. The van der Waals surface area contributed by atoms with E-state index in [0.29, 0.717) is 17.8 Å². The van der Waals surface area contributed by atoms with Crippen molar-refractivity contribution in [2.24, 2.45) is 0 Å². The summed E-state index contributed by atoms with van der Waals surface area (Å²) in [6.45, 7) is 2.17. The second-order valence-electron chi connectivity index (χ2n) is 5.08. The van der Waals surface area contributed by atoms with Crippen LogP contribution in [0.4, 0.5) is 21.5 Å². The molecule has 1 atom stereocenters. The number of aryl methyl sites for hydroxylation is 1. The summed E-state index contributed by atoms with van der Waals surface area (Å²) >= 11 is 0. The molecule has 0 radical (unpaired) electrons. The molecule has 1 aliphatic heterocycles. The van der Waals surface area contributed by atoms with Crippen molar-refractivity contribution >= 4 is 23.0 Å². The summed E-state index contributed by atoms with van der Waals surface area (Å²) in [4.78, 5) is 12.3.